The SMILES string of the molecule is CC(=O)c1cc(I)cnc1I. The molecular formula is C7H5I2NO. The van der Waals surface area contributed by atoms with E-state index in [1.165, 1.54) is 0 Å². The minimum atomic E-state index is 0.0698. The molecule has 0 aromatic carbocycles. The largest absolute Gasteiger partial charge is 0.294 e. The Morgan fingerprint density at radius 2 is 2.18 bits per heavy atom. The highest BCUT2D eigenvalue weighted by molar-refractivity contribution is 14.1. The highest BCUT2D eigenvalue weighted by Gasteiger charge is 2.05. The molecule has 0 atom stereocenters. The number of pyridine rings is 1. The number of ketones is 1. The summed E-state index contributed by atoms with van der Waals surface area (Å²) in [5.74, 6) is 0.0698. The maximum Gasteiger partial charge on any atom is 0.162 e. The zero-order valence-electron chi connectivity index (χ0n) is 5.77. The molecule has 1 aromatic rings. The van der Waals surface area contributed by atoms with Crippen LogP contribution in [0.2, 0.25) is 0 Å². The van der Waals surface area contributed by atoms with E-state index in [0.29, 0.717) is 5.56 Å². The van der Waals surface area contributed by atoms with Gasteiger partial charge in [-0.25, -0.2) is 4.98 Å². The van der Waals surface area contributed by atoms with Crippen LogP contribution in [0.25, 0.3) is 0 Å². The Labute approximate surface area is 92.1 Å². The van der Waals surface area contributed by atoms with Gasteiger partial charge in [0.15, 0.2) is 5.78 Å². The van der Waals surface area contributed by atoms with Gasteiger partial charge in [0, 0.05) is 9.77 Å². The van der Waals surface area contributed by atoms with Gasteiger partial charge in [0.05, 0.1) is 5.56 Å². The van der Waals surface area contributed by atoms with Crippen LogP contribution in [0.4, 0.5) is 0 Å². The fourth-order valence-corrected chi connectivity index (χ4v) is 1.79. The lowest BCUT2D eigenvalue weighted by Crippen LogP contribution is -1.98. The highest BCUT2D eigenvalue weighted by atomic mass is 127. The molecule has 0 saturated carbocycles. The van der Waals surface area contributed by atoms with Gasteiger partial charge in [0.1, 0.15) is 3.70 Å². The third-order valence-corrected chi connectivity index (χ3v) is 2.63. The molecule has 11 heavy (non-hydrogen) atoms. The lowest BCUT2D eigenvalue weighted by atomic mass is 10.2. The minimum Gasteiger partial charge on any atom is -0.294 e. The topological polar surface area (TPSA) is 30.0 Å². The standard InChI is InChI=1S/C7H5I2NO/c1-4(11)6-2-5(8)3-10-7(6)9/h2-3H,1H3. The monoisotopic (exact) mass is 373 g/mol. The summed E-state index contributed by atoms with van der Waals surface area (Å²) in [5.41, 5.74) is 0.706. The molecule has 0 N–H and O–H groups in total. The molecule has 0 radical (unpaired) electrons. The summed E-state index contributed by atoms with van der Waals surface area (Å²) in [5, 5.41) is 0. The van der Waals surface area contributed by atoms with Crippen molar-refractivity contribution in [3.8, 4) is 0 Å². The van der Waals surface area contributed by atoms with E-state index in [9.17, 15) is 4.79 Å². The Hall–Kier alpha value is 0.280. The molecule has 0 amide bonds. The molecule has 0 aliphatic heterocycles. The van der Waals surface area contributed by atoms with E-state index in [1.807, 2.05) is 6.07 Å². The molecule has 1 rings (SSSR count). The number of aromatic nitrogens is 1. The predicted molar refractivity (Wildman–Crippen MR) is 59.7 cm³/mol. The number of rotatable bonds is 1. The Kier molecular flexibility index (Phi) is 3.23. The summed E-state index contributed by atoms with van der Waals surface area (Å²) in [4.78, 5) is 15.0. The molecule has 4 heteroatoms. The first-order valence-corrected chi connectivity index (χ1v) is 5.09. The van der Waals surface area contributed by atoms with Gasteiger partial charge in [-0.05, 0) is 58.2 Å². The lowest BCUT2D eigenvalue weighted by molar-refractivity contribution is 0.101. The molecule has 0 fully saturated rings. The normalized spacial score (nSPS) is 9.73. The van der Waals surface area contributed by atoms with E-state index in [4.69, 9.17) is 0 Å². The molecule has 0 saturated heterocycles. The van der Waals surface area contributed by atoms with Crippen LogP contribution in [0.15, 0.2) is 12.3 Å². The molecule has 0 unspecified atom stereocenters. The Bertz CT molecular complexity index is 298. The van der Waals surface area contributed by atoms with Crippen molar-refractivity contribution in [1.29, 1.82) is 0 Å². The summed E-state index contributed by atoms with van der Waals surface area (Å²) in [6.07, 6.45) is 1.74. The smallest absolute Gasteiger partial charge is 0.162 e. The van der Waals surface area contributed by atoms with Crippen LogP contribution in [0.1, 0.15) is 17.3 Å². The van der Waals surface area contributed by atoms with Crippen molar-refractivity contribution in [3.05, 3.63) is 25.1 Å². The minimum absolute atomic E-state index is 0.0698. The molecule has 0 aliphatic rings. The first kappa shape index (κ1) is 9.37. The van der Waals surface area contributed by atoms with Gasteiger partial charge < -0.3 is 0 Å². The van der Waals surface area contributed by atoms with E-state index in [-0.39, 0.29) is 5.78 Å². The van der Waals surface area contributed by atoms with E-state index in [0.717, 1.165) is 7.27 Å². The third kappa shape index (κ3) is 2.36. The summed E-state index contributed by atoms with van der Waals surface area (Å²) in [6.45, 7) is 1.55. The van der Waals surface area contributed by atoms with Crippen LogP contribution in [0, 0.1) is 7.27 Å². The number of hydrogen-bond donors (Lipinski definition) is 0. The Morgan fingerprint density at radius 3 is 2.64 bits per heavy atom. The summed E-state index contributed by atoms with van der Waals surface area (Å²) < 4.78 is 1.77. The summed E-state index contributed by atoms with van der Waals surface area (Å²) in [7, 11) is 0. The first-order valence-electron chi connectivity index (χ1n) is 2.93. The van der Waals surface area contributed by atoms with Crippen molar-refractivity contribution in [2.24, 2.45) is 0 Å². The second kappa shape index (κ2) is 3.79. The number of hydrogen-bond acceptors (Lipinski definition) is 2. The highest BCUT2D eigenvalue weighted by Crippen LogP contribution is 2.13. The number of nitrogens with zero attached hydrogens (tertiary/aromatic N) is 1. The lowest BCUT2D eigenvalue weighted by Gasteiger charge is -1.98. The maximum atomic E-state index is 11.0. The molecular weight excluding hydrogens is 368 g/mol. The summed E-state index contributed by atoms with van der Waals surface area (Å²) in [6, 6.07) is 1.84. The first-order chi connectivity index (χ1) is 5.11. The zero-order valence-corrected chi connectivity index (χ0v) is 10.1. The quantitative estimate of drug-likeness (QED) is 0.430. The third-order valence-electron chi connectivity index (χ3n) is 1.18. The van der Waals surface area contributed by atoms with E-state index in [2.05, 4.69) is 50.2 Å². The van der Waals surface area contributed by atoms with Gasteiger partial charge in [0.25, 0.3) is 0 Å². The summed E-state index contributed by atoms with van der Waals surface area (Å²) >= 11 is 4.19. The maximum absolute atomic E-state index is 11.0. The predicted octanol–water partition coefficient (Wildman–Crippen LogP) is 2.49. The van der Waals surface area contributed by atoms with Crippen LogP contribution in [0.5, 0.6) is 0 Å². The molecule has 0 bridgehead atoms. The Balaban J connectivity index is 3.23. The van der Waals surface area contributed by atoms with Crippen LogP contribution < -0.4 is 0 Å². The molecule has 1 heterocycles. The van der Waals surface area contributed by atoms with Gasteiger partial charge in [-0.3, -0.25) is 4.79 Å². The number of halogens is 2. The van der Waals surface area contributed by atoms with E-state index in [1.54, 1.807) is 13.1 Å². The van der Waals surface area contributed by atoms with Crippen LogP contribution in [-0.4, -0.2) is 10.8 Å². The number of carbonyl (C=O) groups excluding carboxylic acids is 1. The van der Waals surface area contributed by atoms with Crippen LogP contribution in [0.3, 0.4) is 0 Å². The second-order valence-corrected chi connectivity index (χ2v) is 4.32. The van der Waals surface area contributed by atoms with Crippen LogP contribution >= 0.6 is 45.2 Å². The van der Waals surface area contributed by atoms with Crippen molar-refractivity contribution in [2.75, 3.05) is 0 Å². The van der Waals surface area contributed by atoms with Crippen molar-refractivity contribution >= 4 is 51.0 Å². The number of Topliss-reactive ketones (excluding diaryl/α,β-unsaturated/α-hetero) is 1. The van der Waals surface area contributed by atoms with Gasteiger partial charge in [0.2, 0.25) is 0 Å². The van der Waals surface area contributed by atoms with Crippen molar-refractivity contribution in [3.63, 3.8) is 0 Å². The fraction of sp³-hybridized carbons (Fsp3) is 0.143. The molecule has 58 valence electrons. The van der Waals surface area contributed by atoms with Gasteiger partial charge >= 0.3 is 0 Å². The fourth-order valence-electron chi connectivity index (χ4n) is 0.669. The zero-order chi connectivity index (χ0) is 8.43. The van der Waals surface area contributed by atoms with Crippen LogP contribution in [-0.2, 0) is 0 Å². The molecule has 0 spiro atoms. The Morgan fingerprint density at radius 1 is 1.55 bits per heavy atom. The molecule has 2 nitrogen and oxygen atoms in total. The van der Waals surface area contributed by atoms with Crippen molar-refractivity contribution in [1.82, 2.24) is 4.98 Å². The average Bonchev–Trinajstić information content (AvgIpc) is 1.94. The van der Waals surface area contributed by atoms with E-state index >= 15 is 0 Å². The van der Waals surface area contributed by atoms with Gasteiger partial charge in [-0.15, -0.1) is 0 Å². The average molecular weight is 373 g/mol. The molecule has 0 aliphatic carbocycles. The second-order valence-electron chi connectivity index (χ2n) is 2.05. The van der Waals surface area contributed by atoms with Crippen molar-refractivity contribution < 1.29 is 4.79 Å². The van der Waals surface area contributed by atoms with Gasteiger partial charge in [-0.2, -0.15) is 0 Å². The van der Waals surface area contributed by atoms with Crippen molar-refractivity contribution in [2.45, 2.75) is 6.92 Å². The molecule has 1 aromatic heterocycles. The number of carbonyl (C=O) groups is 1. The van der Waals surface area contributed by atoms with Gasteiger partial charge in [-0.1, -0.05) is 0 Å². The van der Waals surface area contributed by atoms with E-state index < -0.39 is 0 Å².